The summed E-state index contributed by atoms with van der Waals surface area (Å²) in [5.41, 5.74) is 5.57. The molecule has 258 valence electrons. The van der Waals surface area contributed by atoms with E-state index in [2.05, 4.69) is 4.99 Å². The normalized spacial score (nSPS) is 13.9. The van der Waals surface area contributed by atoms with Gasteiger partial charge in [-0.05, 0) is 33.1 Å². The summed E-state index contributed by atoms with van der Waals surface area (Å²) >= 11 is 0. The van der Waals surface area contributed by atoms with Crippen LogP contribution in [0, 0.1) is 0 Å². The first-order valence-electron chi connectivity index (χ1n) is 17.4. The minimum Gasteiger partial charge on any atom is -0.465 e. The molecule has 4 aromatic rings. The van der Waals surface area contributed by atoms with E-state index >= 15 is 0 Å². The molecular weight excluding hydrogens is 612 g/mol. The van der Waals surface area contributed by atoms with Gasteiger partial charge in [-0.2, -0.15) is 0 Å². The number of benzene rings is 4. The van der Waals surface area contributed by atoms with E-state index in [1.165, 1.54) is 0 Å². The standard InChI is InChI=1S/C23H27NO3.C17H17NO2.C2H6/c1-2-26-23(25)21(17-20-15-9-10-16-27-20)24-22(18-11-5-3-6-12-18)19-13-7-4-8-14-19;1-2-20-16(19)13-18-17(14-9-5-3-6-10-14)15-11-7-4-8-12-15;1-2/h3-8,11-14,20-21H,2,9-10,15-17H2,1H3;3-12H,2,13H2,1H3;1-2H3. The minimum absolute atomic E-state index is 0.0347. The third-order valence-electron chi connectivity index (χ3n) is 7.46. The lowest BCUT2D eigenvalue weighted by Crippen LogP contribution is -2.31. The van der Waals surface area contributed by atoms with Crippen LogP contribution in [0.15, 0.2) is 131 Å². The Labute approximate surface area is 292 Å². The van der Waals surface area contributed by atoms with Crippen LogP contribution in [0.2, 0.25) is 0 Å². The molecular formula is C42H50N2O5. The summed E-state index contributed by atoms with van der Waals surface area (Å²) in [6.45, 7) is 9.13. The molecule has 5 rings (SSSR count). The first kappa shape index (κ1) is 38.6. The van der Waals surface area contributed by atoms with Crippen LogP contribution in [0.3, 0.4) is 0 Å². The van der Waals surface area contributed by atoms with Crippen LogP contribution < -0.4 is 0 Å². The summed E-state index contributed by atoms with van der Waals surface area (Å²) in [5.74, 6) is -0.590. The second-order valence-corrected chi connectivity index (χ2v) is 10.9. The van der Waals surface area contributed by atoms with E-state index in [1.54, 1.807) is 6.92 Å². The Morgan fingerprint density at radius 2 is 1.12 bits per heavy atom. The molecule has 0 aliphatic carbocycles. The molecule has 0 N–H and O–H groups in total. The second kappa shape index (κ2) is 22.6. The third-order valence-corrected chi connectivity index (χ3v) is 7.46. The summed E-state index contributed by atoms with van der Waals surface area (Å²) in [5, 5.41) is 0. The monoisotopic (exact) mass is 662 g/mol. The van der Waals surface area contributed by atoms with Crippen LogP contribution in [-0.4, -0.2) is 61.9 Å². The lowest BCUT2D eigenvalue weighted by Gasteiger charge is -2.25. The van der Waals surface area contributed by atoms with Crippen molar-refractivity contribution in [3.63, 3.8) is 0 Å². The van der Waals surface area contributed by atoms with E-state index in [0.717, 1.165) is 59.5 Å². The zero-order valence-electron chi connectivity index (χ0n) is 29.3. The maximum absolute atomic E-state index is 12.6. The van der Waals surface area contributed by atoms with Crippen molar-refractivity contribution >= 4 is 23.4 Å². The summed E-state index contributed by atoms with van der Waals surface area (Å²) < 4.78 is 16.1. The Hall–Kier alpha value is -4.88. The Kier molecular flexibility index (Phi) is 17.8. The third kappa shape index (κ3) is 13.3. The van der Waals surface area contributed by atoms with Gasteiger partial charge in [0, 0.05) is 35.3 Å². The van der Waals surface area contributed by atoms with Gasteiger partial charge in [0.05, 0.1) is 30.7 Å². The number of rotatable bonds is 12. The van der Waals surface area contributed by atoms with Gasteiger partial charge in [-0.1, -0.05) is 135 Å². The molecule has 0 amide bonds. The molecule has 0 aromatic heterocycles. The molecule has 49 heavy (non-hydrogen) atoms. The molecule has 1 saturated heterocycles. The van der Waals surface area contributed by atoms with Crippen molar-refractivity contribution in [2.75, 3.05) is 26.4 Å². The molecule has 7 heteroatoms. The van der Waals surface area contributed by atoms with Crippen molar-refractivity contribution in [3.05, 3.63) is 144 Å². The molecule has 1 aliphatic heterocycles. The number of nitrogens with zero attached hydrogens (tertiary/aromatic N) is 2. The largest absolute Gasteiger partial charge is 0.465 e. The van der Waals surface area contributed by atoms with Crippen LogP contribution in [0.4, 0.5) is 0 Å². The van der Waals surface area contributed by atoms with Gasteiger partial charge in [0.15, 0.2) is 6.04 Å². The van der Waals surface area contributed by atoms with Crippen molar-refractivity contribution in [2.24, 2.45) is 9.98 Å². The van der Waals surface area contributed by atoms with Gasteiger partial charge >= 0.3 is 11.9 Å². The lowest BCUT2D eigenvalue weighted by molar-refractivity contribution is -0.146. The molecule has 0 spiro atoms. The number of esters is 2. The van der Waals surface area contributed by atoms with Crippen molar-refractivity contribution in [1.82, 2.24) is 0 Å². The maximum Gasteiger partial charge on any atom is 0.330 e. The number of carbonyl (C=O) groups excluding carboxylic acids is 2. The molecule has 0 radical (unpaired) electrons. The number of carbonyl (C=O) groups is 2. The molecule has 1 heterocycles. The topological polar surface area (TPSA) is 86.5 Å². The maximum atomic E-state index is 12.6. The fourth-order valence-corrected chi connectivity index (χ4v) is 5.24. The number of ether oxygens (including phenoxy) is 3. The summed E-state index contributed by atoms with van der Waals surface area (Å²) in [6, 6.07) is 39.1. The van der Waals surface area contributed by atoms with Crippen molar-refractivity contribution < 1.29 is 23.8 Å². The van der Waals surface area contributed by atoms with Gasteiger partial charge in [-0.25, -0.2) is 4.79 Å². The van der Waals surface area contributed by atoms with E-state index < -0.39 is 6.04 Å². The zero-order valence-corrected chi connectivity index (χ0v) is 29.3. The number of aliphatic imine (C=N–C) groups is 2. The first-order valence-corrected chi connectivity index (χ1v) is 17.4. The quantitative estimate of drug-likeness (QED) is 0.112. The molecule has 2 atom stereocenters. The molecule has 4 aromatic carbocycles. The highest BCUT2D eigenvalue weighted by Crippen LogP contribution is 2.21. The smallest absolute Gasteiger partial charge is 0.330 e. The second-order valence-electron chi connectivity index (χ2n) is 10.9. The van der Waals surface area contributed by atoms with Crippen LogP contribution in [0.5, 0.6) is 0 Å². The van der Waals surface area contributed by atoms with Crippen LogP contribution in [0.1, 0.15) is 75.6 Å². The van der Waals surface area contributed by atoms with E-state index in [0.29, 0.717) is 19.6 Å². The van der Waals surface area contributed by atoms with Crippen molar-refractivity contribution in [1.29, 1.82) is 0 Å². The van der Waals surface area contributed by atoms with Gasteiger partial charge < -0.3 is 14.2 Å². The van der Waals surface area contributed by atoms with Crippen LogP contribution in [0.25, 0.3) is 0 Å². The highest BCUT2D eigenvalue weighted by atomic mass is 16.5. The summed E-state index contributed by atoms with van der Waals surface area (Å²) in [7, 11) is 0. The van der Waals surface area contributed by atoms with Gasteiger partial charge in [0.1, 0.15) is 6.54 Å². The average Bonchev–Trinajstić information content (AvgIpc) is 3.17. The molecule has 1 aliphatic rings. The highest BCUT2D eigenvalue weighted by molar-refractivity contribution is 6.14. The predicted molar refractivity (Wildman–Crippen MR) is 199 cm³/mol. The predicted octanol–water partition coefficient (Wildman–Crippen LogP) is 8.53. The van der Waals surface area contributed by atoms with Gasteiger partial charge in [-0.15, -0.1) is 0 Å². The van der Waals surface area contributed by atoms with E-state index in [4.69, 9.17) is 19.2 Å². The van der Waals surface area contributed by atoms with E-state index in [-0.39, 0.29) is 24.6 Å². The highest BCUT2D eigenvalue weighted by Gasteiger charge is 2.26. The lowest BCUT2D eigenvalue weighted by atomic mass is 9.99. The SMILES string of the molecule is CC.CCOC(=O)C(CC1CCCCO1)N=C(c1ccccc1)c1ccccc1.CCOC(=O)CN=C(c1ccccc1)c1ccccc1. The summed E-state index contributed by atoms with van der Waals surface area (Å²) in [4.78, 5) is 33.4. The van der Waals surface area contributed by atoms with Gasteiger partial charge in [0.25, 0.3) is 0 Å². The minimum atomic E-state index is -0.566. The summed E-state index contributed by atoms with van der Waals surface area (Å²) in [6.07, 6.45) is 3.81. The fourth-order valence-electron chi connectivity index (χ4n) is 5.24. The molecule has 7 nitrogen and oxygen atoms in total. The molecule has 0 saturated carbocycles. The van der Waals surface area contributed by atoms with E-state index in [1.807, 2.05) is 142 Å². The number of hydrogen-bond donors (Lipinski definition) is 0. The Morgan fingerprint density at radius 1 is 0.673 bits per heavy atom. The molecule has 0 bridgehead atoms. The number of hydrogen-bond acceptors (Lipinski definition) is 7. The van der Waals surface area contributed by atoms with Gasteiger partial charge in [-0.3, -0.25) is 14.8 Å². The van der Waals surface area contributed by atoms with Crippen LogP contribution >= 0.6 is 0 Å². The van der Waals surface area contributed by atoms with Crippen LogP contribution in [-0.2, 0) is 23.8 Å². The van der Waals surface area contributed by atoms with E-state index in [9.17, 15) is 9.59 Å². The first-order chi connectivity index (χ1) is 24.1. The Bertz CT molecular complexity index is 1470. The fraction of sp³-hybridized carbons (Fsp3) is 0.333. The molecule has 1 fully saturated rings. The average molecular weight is 663 g/mol. The van der Waals surface area contributed by atoms with Crippen molar-refractivity contribution in [2.45, 2.75) is 65.5 Å². The molecule has 2 unspecified atom stereocenters. The Morgan fingerprint density at radius 3 is 1.53 bits per heavy atom. The Balaban J connectivity index is 0.000000263. The zero-order chi connectivity index (χ0) is 35.1. The van der Waals surface area contributed by atoms with Crippen molar-refractivity contribution in [3.8, 4) is 0 Å². The van der Waals surface area contributed by atoms with Gasteiger partial charge in [0.2, 0.25) is 0 Å².